The number of aliphatic carboxylic acids is 2. The Morgan fingerprint density at radius 2 is 0.597 bits per heavy atom. The van der Waals surface area contributed by atoms with Crippen LogP contribution in [0.3, 0.4) is 0 Å². The number of carboxylic acid groups (broad SMARTS) is 2. The van der Waals surface area contributed by atoms with Crippen LogP contribution in [-0.2, 0) is 78.8 Å². The van der Waals surface area contributed by atoms with E-state index < -0.39 is 102 Å². The van der Waals surface area contributed by atoms with Crippen LogP contribution in [0.15, 0.2) is 273 Å². The Bertz CT molecular complexity index is 5270. The number of halogens is 2. The van der Waals surface area contributed by atoms with E-state index in [-0.39, 0.29) is 101 Å². The minimum absolute atomic E-state index is 0. The number of alkyl halides is 1. The molecule has 3 unspecified atom stereocenters. The van der Waals surface area contributed by atoms with Crippen molar-refractivity contribution in [2.75, 3.05) is 66.2 Å². The summed E-state index contributed by atoms with van der Waals surface area (Å²) in [5.74, 6) is -2.96. The van der Waals surface area contributed by atoms with Crippen molar-refractivity contribution in [1.29, 1.82) is 0 Å². The summed E-state index contributed by atoms with van der Waals surface area (Å²) in [6.45, 7) is 30.5. The summed E-state index contributed by atoms with van der Waals surface area (Å²) >= 11 is 0. The van der Waals surface area contributed by atoms with Gasteiger partial charge in [0, 0.05) is 59.0 Å². The summed E-state index contributed by atoms with van der Waals surface area (Å²) in [5, 5.41) is 27.8. The summed E-state index contributed by atoms with van der Waals surface area (Å²) in [4.78, 5) is 161. The highest BCUT2D eigenvalue weighted by molar-refractivity contribution is 5.97. The second-order valence-electron chi connectivity index (χ2n) is 39.7. The van der Waals surface area contributed by atoms with E-state index in [4.69, 9.17) is 16.6 Å². The first-order valence-electron chi connectivity index (χ1n) is 50.3. The summed E-state index contributed by atoms with van der Waals surface area (Å²) in [7, 11) is -1.00. The lowest BCUT2D eigenvalue weighted by Gasteiger charge is -2.38. The minimum Gasteiger partial charge on any atom is -0.480 e. The van der Waals surface area contributed by atoms with Crippen molar-refractivity contribution in [1.82, 2.24) is 50.2 Å². The molecule has 8 aliphatic heterocycles. The molecule has 7 N–H and O–H groups in total. The van der Waals surface area contributed by atoms with Crippen LogP contribution in [0.2, 0.25) is 0 Å². The third-order valence-corrected chi connectivity index (χ3v) is 27.3. The molecule has 8 saturated heterocycles. The molecule has 0 radical (unpaired) electrons. The topological polar surface area (TPSA) is 348 Å². The van der Waals surface area contributed by atoms with E-state index >= 15 is 0 Å². The van der Waals surface area contributed by atoms with Gasteiger partial charge in [-0.3, -0.25) is 67.0 Å². The largest absolute Gasteiger partial charge is 0.480 e. The van der Waals surface area contributed by atoms with E-state index in [1.807, 2.05) is 205 Å². The number of rotatable bonds is 30. The Labute approximate surface area is 854 Å². The van der Waals surface area contributed by atoms with Crippen molar-refractivity contribution >= 4 is 83.2 Å². The minimum atomic E-state index is -1.02. The van der Waals surface area contributed by atoms with Gasteiger partial charge in [-0.2, -0.15) is 0 Å². The number of ketones is 3. The van der Waals surface area contributed by atoms with Gasteiger partial charge < -0.3 is 61.0 Å². The zero-order chi connectivity index (χ0) is 104. The van der Waals surface area contributed by atoms with Crippen LogP contribution in [0, 0.1) is 23.7 Å². The Morgan fingerprint density at radius 1 is 0.375 bits per heavy atom. The van der Waals surface area contributed by atoms with Crippen molar-refractivity contribution in [2.24, 2.45) is 29.4 Å². The monoisotopic (exact) mass is 1990 g/mol. The number of Topliss-reactive ketones (excluding diaryl/α,β-unsaturated/α-hetero) is 3. The SMILES string of the molecule is C1CCOC1.CC(=O)[C@H](C(C)C)N1CC[C@@H](N)C1=O.CC(=O)[C@H](C(C)C)N1CC[C@@H](NC(=O)OC(C)(C)C)C1=O.CC(=O)[C@H](C(C)C)N1CC[C@@H](NC(=O)[C@H]2CN2C(c2ccccc2)(c2ccccc2)c2ccccc2)C1=O.CC(C)[C@@H](C(=O)O)N1CC[C@@H](NC(=O)[C@H]2CN2C(c2ccccc2)(c2ccccc2)c2ccccc2)C1=O.Cl.O=C(O)[C@H]1CN1C(c1ccccc1)(c1ccccc1)c1ccccc1.[2H]CF. The van der Waals surface area contributed by atoms with Gasteiger partial charge >= 0.3 is 18.0 Å². The van der Waals surface area contributed by atoms with E-state index in [1.54, 1.807) is 49.3 Å². The smallest absolute Gasteiger partial charge is 0.408 e. The first-order valence-corrected chi connectivity index (χ1v) is 49.6. The lowest BCUT2D eigenvalue weighted by molar-refractivity contribution is -0.150. The number of nitrogens with zero attached hydrogens (tertiary/aromatic N) is 7. The van der Waals surface area contributed by atoms with Crippen molar-refractivity contribution in [2.45, 2.75) is 224 Å². The van der Waals surface area contributed by atoms with Crippen molar-refractivity contribution in [3.8, 4) is 0 Å². The fourth-order valence-corrected chi connectivity index (χ4v) is 21.1. The number of hydrogen-bond acceptors (Lipinski definition) is 18. The normalized spacial score (nSPS) is 21.2. The number of hydrogen-bond donors (Lipinski definition) is 6. The van der Waals surface area contributed by atoms with Gasteiger partial charge in [0.1, 0.15) is 47.9 Å². The van der Waals surface area contributed by atoms with Crippen molar-refractivity contribution < 1.29 is 83.0 Å². The Morgan fingerprint density at radius 3 is 0.792 bits per heavy atom. The molecule has 0 aromatic heterocycles. The predicted molar refractivity (Wildman–Crippen MR) is 556 cm³/mol. The number of ether oxygens (including phenoxy) is 2. The molecular weight excluding hydrogens is 1850 g/mol. The highest BCUT2D eigenvalue weighted by Gasteiger charge is 2.60. The second kappa shape index (κ2) is 51.5. The van der Waals surface area contributed by atoms with Gasteiger partial charge in [-0.25, -0.2) is 9.59 Å². The van der Waals surface area contributed by atoms with Gasteiger partial charge in [0.15, 0.2) is 17.3 Å². The lowest BCUT2D eigenvalue weighted by atomic mass is 9.76. The van der Waals surface area contributed by atoms with Crippen LogP contribution in [-0.4, -0.2) is 254 Å². The van der Waals surface area contributed by atoms with Crippen LogP contribution >= 0.6 is 12.4 Å². The average molecular weight is 1990 g/mol. The fraction of sp³-hybridized carbons (Fsp3) is 0.426. The number of benzene rings is 9. The standard InChI is InChI=1S/C32H35N3O3.C31H33N3O4.C22H19NO2.C15H26N2O4.C10H18N2O2.C4H8O.CH3F.ClH/c1-22(2)29(23(3)36)34-20-19-27(31(34)38)33-30(37)28-21-35(28)32(24-13-7-4-8-14-24,25-15-9-5-10-16-25)26-17-11-6-12-18-26;1-21(2)27(30(37)38)33-19-18-25(29(33)36)32-28(35)26-20-34(26)31(22-12-6-3-7-13-22,23-14-8-4-9-15-23)24-16-10-5-11-17-24;24-21(25)20-16-23(20)22(17-10-4-1-5-11-17,18-12-6-2-7-13-18)19-14-8-3-9-15-19;1-9(2)12(10(3)18)17-8-7-11(13(17)19)16-14(20)21-15(4,5)6;1-6(2)9(7(3)13)12-5-4-8(11)10(12)14;1-2-4-5-3-1;1-2;/h4-18,22,27-29H,19-21H2,1-3H3,(H,33,37);3-17,21,25-27H,18-20H2,1-2H3,(H,32,35)(H,37,38);1-15,20H,16H2,(H,24,25);9,11-12H,7-8H2,1-6H3,(H,16,20);6,8-9H,4-5,11H2,1-3H3;1-4H2;1H3;1H/t27-,28-,29+,35?;25-,26-,27+,34?;20-,23?;11-,12+;8-,9+;;;/m11111.../s1/i;;;;;;1D;. The third kappa shape index (κ3) is 26.4. The van der Waals surface area contributed by atoms with E-state index in [0.29, 0.717) is 71.5 Å². The van der Waals surface area contributed by atoms with E-state index in [2.05, 4.69) is 140 Å². The Kier molecular flexibility index (Phi) is 39.8. The second-order valence-corrected chi connectivity index (χ2v) is 39.7. The van der Waals surface area contributed by atoms with Crippen molar-refractivity contribution in [3.63, 3.8) is 0 Å². The zero-order valence-electron chi connectivity index (χ0n) is 86.1. The molecule has 0 spiro atoms. The molecule has 7 amide bonds. The fourth-order valence-electron chi connectivity index (χ4n) is 21.1. The van der Waals surface area contributed by atoms with Crippen LogP contribution in [0.25, 0.3) is 0 Å². The molecule has 29 heteroatoms. The summed E-state index contributed by atoms with van der Waals surface area (Å²) < 4.78 is 25.6. The van der Waals surface area contributed by atoms with Gasteiger partial charge in [-0.15, -0.1) is 12.4 Å². The maximum absolute atomic E-state index is 13.6. The molecule has 144 heavy (non-hydrogen) atoms. The molecule has 0 aliphatic carbocycles. The summed E-state index contributed by atoms with van der Waals surface area (Å²) in [5.41, 5.74) is 12.7. The molecule has 0 bridgehead atoms. The van der Waals surface area contributed by atoms with Crippen LogP contribution < -0.4 is 21.7 Å². The molecule has 17 rings (SSSR count). The van der Waals surface area contributed by atoms with E-state index in [1.165, 1.54) is 38.5 Å². The quantitative estimate of drug-likeness (QED) is 0.0180. The van der Waals surface area contributed by atoms with Crippen LogP contribution in [0.4, 0.5) is 9.18 Å². The first kappa shape index (κ1) is 111. The van der Waals surface area contributed by atoms with Crippen LogP contribution in [0.1, 0.15) is 187 Å². The zero-order valence-corrected chi connectivity index (χ0v) is 85.9. The summed E-state index contributed by atoms with van der Waals surface area (Å²) in [6, 6.07) is 86.1. The molecule has 0 saturated carbocycles. The van der Waals surface area contributed by atoms with Gasteiger partial charge in [-0.1, -0.05) is 328 Å². The molecule has 9 aromatic rings. The molecule has 9 aromatic carbocycles. The molecule has 768 valence electrons. The first-order chi connectivity index (χ1) is 68.8. The van der Waals surface area contributed by atoms with Gasteiger partial charge in [0.05, 0.1) is 49.3 Å². The molecule has 8 fully saturated rings. The van der Waals surface area contributed by atoms with Gasteiger partial charge in [0.2, 0.25) is 35.4 Å². The molecule has 14 atom stereocenters. The third-order valence-electron chi connectivity index (χ3n) is 27.3. The Hall–Kier alpha value is -13.0. The Balaban J connectivity index is 0.000000188. The maximum atomic E-state index is 13.6. The number of nitrogens with two attached hydrogens (primary N) is 1. The molecule has 8 aliphatic rings. The predicted octanol–water partition coefficient (Wildman–Crippen LogP) is 14.9. The number of alkyl carbamates (subject to hydrolysis) is 1. The van der Waals surface area contributed by atoms with E-state index in [9.17, 15) is 72.1 Å². The van der Waals surface area contributed by atoms with Crippen LogP contribution in [0.5, 0.6) is 0 Å². The number of carbonyl (C=O) groups is 12. The number of amides is 7. The lowest BCUT2D eigenvalue weighted by Crippen LogP contribution is -2.50. The molecule has 27 nitrogen and oxygen atoms in total. The average Bonchev–Trinajstić information content (AvgIpc) is 1.55. The summed E-state index contributed by atoms with van der Waals surface area (Å²) in [6.07, 6.45) is 4.01. The number of carbonyl (C=O) groups excluding carboxylic acids is 10. The highest BCUT2D eigenvalue weighted by atomic mass is 35.5. The number of nitrogens with one attached hydrogen (secondary N) is 3. The van der Waals surface area contributed by atoms with E-state index in [0.717, 1.165) is 63.3 Å². The molecular formula is C115H143ClFN11O16. The molecule has 8 heterocycles. The maximum Gasteiger partial charge on any atom is 0.408 e. The van der Waals surface area contributed by atoms with Crippen molar-refractivity contribution in [3.05, 3.63) is 323 Å². The van der Waals surface area contributed by atoms with Gasteiger partial charge in [0.25, 0.3) is 0 Å². The number of likely N-dealkylation sites (tertiary alicyclic amines) is 4. The van der Waals surface area contributed by atoms with Gasteiger partial charge in [-0.05, 0) is 154 Å². The highest BCUT2D eigenvalue weighted by Crippen LogP contribution is 2.52. The number of carboxylic acids is 2.